The number of hydrogen-bond acceptors (Lipinski definition) is 4. The summed E-state index contributed by atoms with van der Waals surface area (Å²) in [4.78, 5) is 11.9. The molecule has 0 aliphatic heterocycles. The van der Waals surface area contributed by atoms with Crippen LogP contribution in [0.3, 0.4) is 0 Å². The Labute approximate surface area is 132 Å². The standard InChI is InChI=1S/C15H24N2O4S/c1-12-8-13(2)10-14(9-12)17(22(4,19)20)11-15(18)16-6-5-7-21-3/h8-10H,5-7,11H2,1-4H3,(H,16,18). The summed E-state index contributed by atoms with van der Waals surface area (Å²) in [5, 5.41) is 2.69. The zero-order chi connectivity index (χ0) is 16.8. The number of nitrogens with zero attached hydrogens (tertiary/aromatic N) is 1. The SMILES string of the molecule is COCCCNC(=O)CN(c1cc(C)cc(C)c1)S(C)(=O)=O. The minimum Gasteiger partial charge on any atom is -0.385 e. The molecule has 0 bridgehead atoms. The molecule has 1 aromatic rings. The highest BCUT2D eigenvalue weighted by atomic mass is 32.2. The van der Waals surface area contributed by atoms with E-state index in [1.165, 1.54) is 0 Å². The summed E-state index contributed by atoms with van der Waals surface area (Å²) >= 11 is 0. The predicted molar refractivity (Wildman–Crippen MR) is 87.6 cm³/mol. The van der Waals surface area contributed by atoms with Gasteiger partial charge in [0.1, 0.15) is 6.54 Å². The van der Waals surface area contributed by atoms with Crippen LogP contribution in [0.15, 0.2) is 18.2 Å². The summed E-state index contributed by atoms with van der Waals surface area (Å²) in [6.45, 7) is 4.56. The van der Waals surface area contributed by atoms with Crippen molar-refractivity contribution in [3.8, 4) is 0 Å². The quantitative estimate of drug-likeness (QED) is 0.728. The van der Waals surface area contributed by atoms with Crippen LogP contribution in [-0.2, 0) is 19.6 Å². The second-order valence-electron chi connectivity index (χ2n) is 5.31. The summed E-state index contributed by atoms with van der Waals surface area (Å²) in [5.41, 5.74) is 2.40. The largest absolute Gasteiger partial charge is 0.385 e. The monoisotopic (exact) mass is 328 g/mol. The first-order valence-electron chi connectivity index (χ1n) is 7.05. The Hall–Kier alpha value is -1.60. The summed E-state index contributed by atoms with van der Waals surface area (Å²) < 4.78 is 30.0. The van der Waals surface area contributed by atoms with Gasteiger partial charge in [-0.1, -0.05) is 6.07 Å². The van der Waals surface area contributed by atoms with Crippen LogP contribution in [0, 0.1) is 13.8 Å². The molecule has 0 spiro atoms. The lowest BCUT2D eigenvalue weighted by Gasteiger charge is -2.22. The maximum atomic E-state index is 12.0. The van der Waals surface area contributed by atoms with Gasteiger partial charge < -0.3 is 10.1 Å². The van der Waals surface area contributed by atoms with Gasteiger partial charge in [-0.25, -0.2) is 8.42 Å². The number of anilines is 1. The first-order valence-corrected chi connectivity index (χ1v) is 8.90. The molecular weight excluding hydrogens is 304 g/mol. The number of carbonyl (C=O) groups is 1. The van der Waals surface area contributed by atoms with Crippen molar-refractivity contribution in [2.75, 3.05) is 37.4 Å². The first kappa shape index (κ1) is 18.4. The van der Waals surface area contributed by atoms with Crippen LogP contribution in [0.25, 0.3) is 0 Å². The molecule has 6 nitrogen and oxygen atoms in total. The number of amides is 1. The van der Waals surface area contributed by atoms with Gasteiger partial charge in [-0.3, -0.25) is 9.10 Å². The number of hydrogen-bond donors (Lipinski definition) is 1. The normalized spacial score (nSPS) is 11.3. The number of nitrogens with one attached hydrogen (secondary N) is 1. The molecule has 124 valence electrons. The van der Waals surface area contributed by atoms with Gasteiger partial charge in [0.05, 0.1) is 11.9 Å². The Balaban J connectivity index is 2.84. The second-order valence-corrected chi connectivity index (χ2v) is 7.22. The number of rotatable bonds is 8. The fourth-order valence-corrected chi connectivity index (χ4v) is 2.97. The van der Waals surface area contributed by atoms with Gasteiger partial charge in [-0.05, 0) is 43.5 Å². The van der Waals surface area contributed by atoms with Crippen LogP contribution in [0.5, 0.6) is 0 Å². The van der Waals surface area contributed by atoms with Crippen molar-refractivity contribution in [2.45, 2.75) is 20.3 Å². The number of sulfonamides is 1. The van der Waals surface area contributed by atoms with Gasteiger partial charge in [0.25, 0.3) is 0 Å². The van der Waals surface area contributed by atoms with E-state index in [0.717, 1.165) is 21.7 Å². The average Bonchev–Trinajstić information content (AvgIpc) is 2.38. The highest BCUT2D eigenvalue weighted by molar-refractivity contribution is 7.92. The Morgan fingerprint density at radius 3 is 2.32 bits per heavy atom. The molecule has 0 aliphatic carbocycles. The van der Waals surface area contributed by atoms with Crippen molar-refractivity contribution < 1.29 is 17.9 Å². The van der Waals surface area contributed by atoms with Crippen molar-refractivity contribution in [1.82, 2.24) is 5.32 Å². The molecule has 0 aliphatic rings. The summed E-state index contributed by atoms with van der Waals surface area (Å²) in [6.07, 6.45) is 1.79. The topological polar surface area (TPSA) is 75.7 Å². The summed E-state index contributed by atoms with van der Waals surface area (Å²) in [5.74, 6) is -0.333. The van der Waals surface area contributed by atoms with Crippen molar-refractivity contribution in [3.05, 3.63) is 29.3 Å². The molecule has 1 rings (SSSR count). The first-order chi connectivity index (χ1) is 10.2. The van der Waals surface area contributed by atoms with Crippen LogP contribution < -0.4 is 9.62 Å². The van der Waals surface area contributed by atoms with Crippen molar-refractivity contribution >= 4 is 21.6 Å². The van der Waals surface area contributed by atoms with E-state index in [-0.39, 0.29) is 12.5 Å². The minimum absolute atomic E-state index is 0.227. The molecule has 0 unspecified atom stereocenters. The van der Waals surface area contributed by atoms with E-state index < -0.39 is 10.0 Å². The predicted octanol–water partition coefficient (Wildman–Crippen LogP) is 1.22. The average molecular weight is 328 g/mol. The Morgan fingerprint density at radius 2 is 1.82 bits per heavy atom. The molecule has 1 aromatic carbocycles. The lowest BCUT2D eigenvalue weighted by molar-refractivity contribution is -0.119. The third-order valence-electron chi connectivity index (χ3n) is 3.03. The van der Waals surface area contributed by atoms with Gasteiger partial charge in [-0.15, -0.1) is 0 Å². The van der Waals surface area contributed by atoms with Crippen LogP contribution in [0.4, 0.5) is 5.69 Å². The molecular formula is C15H24N2O4S. The zero-order valence-corrected chi connectivity index (χ0v) is 14.4. The van der Waals surface area contributed by atoms with Crippen LogP contribution >= 0.6 is 0 Å². The number of ether oxygens (including phenoxy) is 1. The fourth-order valence-electron chi connectivity index (χ4n) is 2.13. The van der Waals surface area contributed by atoms with E-state index in [0.29, 0.717) is 25.3 Å². The maximum absolute atomic E-state index is 12.0. The molecule has 0 fully saturated rings. The van der Waals surface area contributed by atoms with Gasteiger partial charge in [0.2, 0.25) is 15.9 Å². The van der Waals surface area contributed by atoms with Gasteiger partial charge in [0.15, 0.2) is 0 Å². The minimum atomic E-state index is -3.53. The number of benzene rings is 1. The molecule has 0 radical (unpaired) electrons. The maximum Gasteiger partial charge on any atom is 0.240 e. The molecule has 1 N–H and O–H groups in total. The molecule has 1 amide bonds. The lowest BCUT2D eigenvalue weighted by atomic mass is 10.1. The number of methoxy groups -OCH3 is 1. The van der Waals surface area contributed by atoms with E-state index in [4.69, 9.17) is 4.74 Å². The molecule has 22 heavy (non-hydrogen) atoms. The van der Waals surface area contributed by atoms with Gasteiger partial charge in [0, 0.05) is 20.3 Å². The fraction of sp³-hybridized carbons (Fsp3) is 0.533. The highest BCUT2D eigenvalue weighted by Crippen LogP contribution is 2.20. The van der Waals surface area contributed by atoms with Gasteiger partial charge >= 0.3 is 0 Å². The number of carbonyl (C=O) groups excluding carboxylic acids is 1. The lowest BCUT2D eigenvalue weighted by Crippen LogP contribution is -2.40. The zero-order valence-electron chi connectivity index (χ0n) is 13.5. The number of aryl methyl sites for hydroxylation is 2. The smallest absolute Gasteiger partial charge is 0.240 e. The molecule has 0 atom stereocenters. The van der Waals surface area contributed by atoms with E-state index in [1.807, 2.05) is 19.9 Å². The summed E-state index contributed by atoms with van der Waals surface area (Å²) in [6, 6.07) is 5.47. The molecule has 0 heterocycles. The third-order valence-corrected chi connectivity index (χ3v) is 4.17. The van der Waals surface area contributed by atoms with E-state index in [2.05, 4.69) is 5.32 Å². The molecule has 7 heteroatoms. The highest BCUT2D eigenvalue weighted by Gasteiger charge is 2.21. The van der Waals surface area contributed by atoms with E-state index >= 15 is 0 Å². The van der Waals surface area contributed by atoms with E-state index in [1.54, 1.807) is 19.2 Å². The van der Waals surface area contributed by atoms with Crippen molar-refractivity contribution in [1.29, 1.82) is 0 Å². The third kappa shape index (κ3) is 6.03. The Morgan fingerprint density at radius 1 is 1.23 bits per heavy atom. The molecule has 0 saturated heterocycles. The van der Waals surface area contributed by atoms with Crippen LogP contribution in [-0.4, -0.2) is 47.4 Å². The molecule has 0 aromatic heterocycles. The van der Waals surface area contributed by atoms with Crippen LogP contribution in [0.2, 0.25) is 0 Å². The Bertz CT molecular complexity index is 594. The molecule has 0 saturated carbocycles. The van der Waals surface area contributed by atoms with Crippen molar-refractivity contribution in [2.24, 2.45) is 0 Å². The van der Waals surface area contributed by atoms with Crippen molar-refractivity contribution in [3.63, 3.8) is 0 Å². The van der Waals surface area contributed by atoms with E-state index in [9.17, 15) is 13.2 Å². The summed E-state index contributed by atoms with van der Waals surface area (Å²) in [7, 11) is -1.94. The van der Waals surface area contributed by atoms with Gasteiger partial charge in [-0.2, -0.15) is 0 Å². The second kappa shape index (κ2) is 8.14. The Kier molecular flexibility index (Phi) is 6.83. The van der Waals surface area contributed by atoms with Crippen LogP contribution in [0.1, 0.15) is 17.5 Å².